The highest BCUT2D eigenvalue weighted by Gasteiger charge is 2.49. The summed E-state index contributed by atoms with van der Waals surface area (Å²) in [5, 5.41) is 3.16. The van der Waals surface area contributed by atoms with Gasteiger partial charge >= 0.3 is 6.18 Å². The van der Waals surface area contributed by atoms with Gasteiger partial charge < -0.3 is 16.0 Å². The molecule has 2 aliphatic carbocycles. The summed E-state index contributed by atoms with van der Waals surface area (Å²) in [6.45, 7) is 1.32. The van der Waals surface area contributed by atoms with Crippen LogP contribution in [0.15, 0.2) is 18.3 Å². The molecule has 2 heterocycles. The van der Waals surface area contributed by atoms with Crippen molar-refractivity contribution in [1.82, 2.24) is 10.3 Å². The summed E-state index contributed by atoms with van der Waals surface area (Å²) in [5.74, 6) is 1.50. The minimum atomic E-state index is -4.37. The Morgan fingerprint density at radius 3 is 2.28 bits per heavy atom. The molecule has 0 spiro atoms. The fourth-order valence-corrected chi connectivity index (χ4v) is 5.02. The van der Waals surface area contributed by atoms with Crippen molar-refractivity contribution in [3.05, 3.63) is 23.9 Å². The number of anilines is 1. The second-order valence-electron chi connectivity index (χ2n) is 8.11. The summed E-state index contributed by atoms with van der Waals surface area (Å²) >= 11 is 0. The maximum absolute atomic E-state index is 12.7. The highest BCUT2D eigenvalue weighted by molar-refractivity contribution is 5.85. The molecule has 164 valence electrons. The van der Waals surface area contributed by atoms with Crippen LogP contribution in [0, 0.1) is 17.8 Å². The van der Waals surface area contributed by atoms with Gasteiger partial charge in [0.2, 0.25) is 5.91 Å². The highest BCUT2D eigenvalue weighted by atomic mass is 35.5. The second-order valence-corrected chi connectivity index (χ2v) is 8.11. The molecule has 1 aromatic rings. The Labute approximate surface area is 180 Å². The number of nitrogens with two attached hydrogens (primary N) is 1. The largest absolute Gasteiger partial charge is 0.417 e. The van der Waals surface area contributed by atoms with Gasteiger partial charge in [-0.1, -0.05) is 0 Å². The number of piperidine rings is 1. The third-order valence-corrected chi connectivity index (χ3v) is 6.52. The lowest BCUT2D eigenvalue weighted by Crippen LogP contribution is -2.51. The van der Waals surface area contributed by atoms with E-state index < -0.39 is 11.7 Å². The molecule has 4 rings (SSSR count). The van der Waals surface area contributed by atoms with Crippen LogP contribution < -0.4 is 16.0 Å². The number of hydrogen-bond donors (Lipinski definition) is 2. The Hall–Kier alpha value is -1.25. The molecule has 2 saturated carbocycles. The van der Waals surface area contributed by atoms with Crippen molar-refractivity contribution < 1.29 is 18.0 Å². The Morgan fingerprint density at radius 1 is 1.10 bits per heavy atom. The molecule has 10 heteroatoms. The van der Waals surface area contributed by atoms with Gasteiger partial charge in [0.15, 0.2) is 0 Å². The van der Waals surface area contributed by atoms with E-state index in [0.29, 0.717) is 30.7 Å². The number of alkyl halides is 3. The molecule has 1 amide bonds. The average molecular weight is 455 g/mol. The van der Waals surface area contributed by atoms with Gasteiger partial charge in [0, 0.05) is 31.4 Å². The summed E-state index contributed by atoms with van der Waals surface area (Å²) in [5.41, 5.74) is 5.51. The van der Waals surface area contributed by atoms with Gasteiger partial charge in [0.05, 0.1) is 11.5 Å². The van der Waals surface area contributed by atoms with Gasteiger partial charge in [-0.25, -0.2) is 4.98 Å². The number of pyridine rings is 1. The fourth-order valence-electron chi connectivity index (χ4n) is 5.02. The van der Waals surface area contributed by atoms with Crippen LogP contribution in [0.4, 0.5) is 19.0 Å². The van der Waals surface area contributed by atoms with E-state index in [2.05, 4.69) is 10.3 Å². The van der Waals surface area contributed by atoms with Crippen molar-refractivity contribution in [2.75, 3.05) is 18.0 Å². The first kappa shape index (κ1) is 24.0. The van der Waals surface area contributed by atoms with E-state index in [-0.39, 0.29) is 48.7 Å². The number of aromatic nitrogens is 1. The van der Waals surface area contributed by atoms with Gasteiger partial charge in [-0.3, -0.25) is 4.79 Å². The number of hydrogen-bond acceptors (Lipinski definition) is 4. The average Bonchev–Trinajstić information content (AvgIpc) is 3.23. The molecule has 1 aliphatic heterocycles. The van der Waals surface area contributed by atoms with Crippen molar-refractivity contribution in [2.24, 2.45) is 23.5 Å². The molecule has 0 radical (unpaired) electrons. The predicted octanol–water partition coefficient (Wildman–Crippen LogP) is 3.40. The number of halogens is 5. The van der Waals surface area contributed by atoms with Crippen LogP contribution in [0.3, 0.4) is 0 Å². The lowest BCUT2D eigenvalue weighted by atomic mass is 9.84. The third kappa shape index (κ3) is 4.91. The first-order valence-corrected chi connectivity index (χ1v) is 9.67. The highest BCUT2D eigenvalue weighted by Crippen LogP contribution is 2.47. The quantitative estimate of drug-likeness (QED) is 0.733. The van der Waals surface area contributed by atoms with Crippen molar-refractivity contribution in [3.63, 3.8) is 0 Å². The standard InChI is InChI=1S/C19H25F3N4O.2ClH/c20-19(21,22)13-3-4-15(24-10-13)26-7-5-14(6-8-26)25-18(27)16-11-1-2-12(9-11)17(16)23;;/h3-4,10-12,14,16-17H,1-2,5-9,23H2,(H,25,27);2*1H. The molecule has 3 N–H and O–H groups in total. The van der Waals surface area contributed by atoms with Crippen LogP contribution in [0.25, 0.3) is 0 Å². The summed E-state index contributed by atoms with van der Waals surface area (Å²) in [6.07, 6.45) is 1.35. The van der Waals surface area contributed by atoms with E-state index in [0.717, 1.165) is 44.4 Å². The SMILES string of the molecule is Cl.Cl.NC1C2CCC(C2)C1C(=O)NC1CCN(c2ccc(C(F)(F)F)cn2)CC1. The van der Waals surface area contributed by atoms with Crippen LogP contribution in [-0.2, 0) is 11.0 Å². The molecular formula is C19H27Cl2F3N4O. The molecule has 1 aromatic heterocycles. The van der Waals surface area contributed by atoms with Crippen LogP contribution in [0.5, 0.6) is 0 Å². The molecule has 3 aliphatic rings. The van der Waals surface area contributed by atoms with Gasteiger partial charge in [-0.2, -0.15) is 13.2 Å². The monoisotopic (exact) mass is 454 g/mol. The van der Waals surface area contributed by atoms with Crippen LogP contribution in [0.2, 0.25) is 0 Å². The number of fused-ring (bicyclic) bond motifs is 2. The zero-order valence-corrected chi connectivity index (χ0v) is 17.5. The fraction of sp³-hybridized carbons (Fsp3) is 0.684. The molecule has 4 atom stereocenters. The Morgan fingerprint density at radius 2 is 1.76 bits per heavy atom. The summed E-state index contributed by atoms with van der Waals surface area (Å²) in [6, 6.07) is 2.55. The molecular weight excluding hydrogens is 428 g/mol. The van der Waals surface area contributed by atoms with E-state index in [1.807, 2.05) is 4.90 Å². The van der Waals surface area contributed by atoms with E-state index >= 15 is 0 Å². The number of nitrogens with zero attached hydrogens (tertiary/aromatic N) is 2. The first-order chi connectivity index (χ1) is 12.8. The number of carbonyl (C=O) groups excluding carboxylic acids is 1. The molecule has 3 fully saturated rings. The van der Waals surface area contributed by atoms with Gasteiger partial charge in [-0.05, 0) is 56.1 Å². The van der Waals surface area contributed by atoms with Crippen molar-refractivity contribution in [2.45, 2.75) is 50.4 Å². The molecule has 5 nitrogen and oxygen atoms in total. The summed E-state index contributed by atoms with van der Waals surface area (Å²) in [7, 11) is 0. The van der Waals surface area contributed by atoms with Crippen LogP contribution in [-0.4, -0.2) is 36.1 Å². The minimum Gasteiger partial charge on any atom is -0.356 e. The van der Waals surface area contributed by atoms with Gasteiger partial charge in [0.1, 0.15) is 5.82 Å². The van der Waals surface area contributed by atoms with Gasteiger partial charge in [0.25, 0.3) is 0 Å². The van der Waals surface area contributed by atoms with Crippen LogP contribution >= 0.6 is 24.8 Å². The molecule has 2 bridgehead atoms. The smallest absolute Gasteiger partial charge is 0.356 e. The summed E-state index contributed by atoms with van der Waals surface area (Å²) < 4.78 is 37.9. The van der Waals surface area contributed by atoms with Crippen molar-refractivity contribution >= 4 is 36.5 Å². The lowest BCUT2D eigenvalue weighted by Gasteiger charge is -2.35. The third-order valence-electron chi connectivity index (χ3n) is 6.52. The molecule has 0 aromatic carbocycles. The van der Waals surface area contributed by atoms with E-state index in [1.165, 1.54) is 6.07 Å². The number of rotatable bonds is 3. The zero-order valence-electron chi connectivity index (χ0n) is 15.9. The van der Waals surface area contributed by atoms with E-state index in [9.17, 15) is 18.0 Å². The topological polar surface area (TPSA) is 71.2 Å². The van der Waals surface area contributed by atoms with Crippen molar-refractivity contribution in [1.29, 1.82) is 0 Å². The lowest BCUT2D eigenvalue weighted by molar-refractivity contribution is -0.137. The molecule has 4 unspecified atom stereocenters. The second kappa shape index (κ2) is 9.27. The number of amides is 1. The zero-order chi connectivity index (χ0) is 19.2. The summed E-state index contributed by atoms with van der Waals surface area (Å²) in [4.78, 5) is 18.6. The van der Waals surface area contributed by atoms with Crippen molar-refractivity contribution in [3.8, 4) is 0 Å². The normalized spacial score (nSPS) is 29.2. The molecule has 29 heavy (non-hydrogen) atoms. The molecule has 1 saturated heterocycles. The Bertz CT molecular complexity index is 694. The van der Waals surface area contributed by atoms with E-state index in [1.54, 1.807) is 0 Å². The number of nitrogens with one attached hydrogen (secondary N) is 1. The predicted molar refractivity (Wildman–Crippen MR) is 109 cm³/mol. The van der Waals surface area contributed by atoms with E-state index in [4.69, 9.17) is 5.73 Å². The van der Waals surface area contributed by atoms with Crippen LogP contribution in [0.1, 0.15) is 37.7 Å². The maximum Gasteiger partial charge on any atom is 0.417 e. The van der Waals surface area contributed by atoms with Gasteiger partial charge in [-0.15, -0.1) is 24.8 Å². The maximum atomic E-state index is 12.7. The Kier molecular flexibility index (Phi) is 7.68. The minimum absolute atomic E-state index is 0. The Balaban J connectivity index is 0.00000150. The number of carbonyl (C=O) groups is 1. The first-order valence-electron chi connectivity index (χ1n) is 9.67.